The molecule has 0 aliphatic heterocycles. The monoisotopic (exact) mass is 345 g/mol. The second-order valence-corrected chi connectivity index (χ2v) is 6.38. The maximum absolute atomic E-state index is 12.2. The Labute approximate surface area is 149 Å². The number of rotatable bonds is 7. The molecular weight excluding hydrogens is 318 g/mol. The summed E-state index contributed by atoms with van der Waals surface area (Å²) in [5.74, 6) is -0.188. The summed E-state index contributed by atoms with van der Waals surface area (Å²) in [4.78, 5) is 24.3. The van der Waals surface area contributed by atoms with Crippen LogP contribution in [0.1, 0.15) is 54.9 Å². The average molecular weight is 345 g/mol. The highest BCUT2D eigenvalue weighted by atomic mass is 16.5. The van der Waals surface area contributed by atoms with E-state index in [0.29, 0.717) is 17.9 Å². The smallest absolute Gasteiger partial charge is 0.339 e. The second-order valence-electron chi connectivity index (χ2n) is 6.38. The zero-order chi connectivity index (χ0) is 18.2. The van der Waals surface area contributed by atoms with Crippen LogP contribution in [0.5, 0.6) is 5.75 Å². The molecule has 0 radical (unpaired) electrons. The lowest BCUT2D eigenvalue weighted by Crippen LogP contribution is -2.36. The summed E-state index contributed by atoms with van der Waals surface area (Å²) >= 11 is 0. The third-order valence-corrected chi connectivity index (χ3v) is 4.43. The van der Waals surface area contributed by atoms with Gasteiger partial charge in [0.1, 0.15) is 5.75 Å². The molecule has 1 N–H and O–H groups in total. The Bertz CT molecular complexity index is 651. The van der Waals surface area contributed by atoms with Gasteiger partial charge < -0.3 is 14.8 Å². The summed E-state index contributed by atoms with van der Waals surface area (Å²) in [6, 6.07) is 5.08. The summed E-state index contributed by atoms with van der Waals surface area (Å²) in [5.41, 5.74) is 2.71. The molecule has 0 unspecified atom stereocenters. The molecule has 136 valence electrons. The summed E-state index contributed by atoms with van der Waals surface area (Å²) in [5, 5.41) is 2.84. The van der Waals surface area contributed by atoms with E-state index in [4.69, 9.17) is 9.47 Å². The number of aryl methyl sites for hydroxylation is 1. The first-order chi connectivity index (χ1) is 12.0. The van der Waals surface area contributed by atoms with Crippen LogP contribution in [0.25, 0.3) is 0 Å². The predicted molar refractivity (Wildman–Crippen MR) is 96.8 cm³/mol. The van der Waals surface area contributed by atoms with E-state index in [2.05, 4.69) is 11.4 Å². The number of allylic oxidation sites excluding steroid dienone is 1. The Morgan fingerprint density at radius 3 is 2.76 bits per heavy atom. The number of methoxy groups -OCH3 is 1. The van der Waals surface area contributed by atoms with Crippen LogP contribution < -0.4 is 10.1 Å². The van der Waals surface area contributed by atoms with Crippen molar-refractivity contribution in [3.05, 3.63) is 41.0 Å². The minimum atomic E-state index is -0.833. The molecule has 1 atom stereocenters. The molecule has 5 nitrogen and oxygen atoms in total. The molecule has 2 rings (SSSR count). The van der Waals surface area contributed by atoms with E-state index < -0.39 is 12.1 Å². The van der Waals surface area contributed by atoms with Gasteiger partial charge in [0.2, 0.25) is 0 Å². The molecule has 0 bridgehead atoms. The zero-order valence-corrected chi connectivity index (χ0v) is 15.3. The molecule has 0 saturated heterocycles. The van der Waals surface area contributed by atoms with E-state index in [1.165, 1.54) is 18.4 Å². The molecule has 1 aliphatic rings. The molecule has 1 aromatic rings. The Balaban J connectivity index is 1.81. The molecule has 0 fully saturated rings. The standard InChI is InChI=1S/C20H27NO4/c1-14-9-10-17(13-18(14)24-3)20(23)25-15(2)19(22)21-12-11-16-7-5-4-6-8-16/h7,9-10,13,15H,4-6,8,11-12H2,1-3H3,(H,21,22)/t15-/m1/s1. The Morgan fingerprint density at radius 2 is 2.08 bits per heavy atom. The van der Waals surface area contributed by atoms with Crippen LogP contribution in [0.3, 0.4) is 0 Å². The largest absolute Gasteiger partial charge is 0.496 e. The van der Waals surface area contributed by atoms with Crippen molar-refractivity contribution >= 4 is 11.9 Å². The highest BCUT2D eigenvalue weighted by Crippen LogP contribution is 2.20. The van der Waals surface area contributed by atoms with Gasteiger partial charge in [-0.25, -0.2) is 4.79 Å². The van der Waals surface area contributed by atoms with Gasteiger partial charge in [-0.15, -0.1) is 0 Å². The number of hydrogen-bond donors (Lipinski definition) is 1. The molecular formula is C20H27NO4. The SMILES string of the molecule is COc1cc(C(=O)O[C@H](C)C(=O)NCCC2=CCCCC2)ccc1C. The Kier molecular flexibility index (Phi) is 7.04. The molecule has 1 aliphatic carbocycles. The van der Waals surface area contributed by atoms with Crippen molar-refractivity contribution in [2.45, 2.75) is 52.1 Å². The first-order valence-electron chi connectivity index (χ1n) is 8.82. The molecule has 5 heteroatoms. The maximum Gasteiger partial charge on any atom is 0.339 e. The fraction of sp³-hybridized carbons (Fsp3) is 0.500. The number of hydrogen-bond acceptors (Lipinski definition) is 4. The van der Waals surface area contributed by atoms with E-state index in [1.54, 1.807) is 32.2 Å². The normalized spacial score (nSPS) is 15.1. The minimum Gasteiger partial charge on any atom is -0.496 e. The molecule has 1 amide bonds. The fourth-order valence-corrected chi connectivity index (χ4v) is 2.85. The summed E-state index contributed by atoms with van der Waals surface area (Å²) in [6.07, 6.45) is 7.04. The van der Waals surface area contributed by atoms with E-state index in [9.17, 15) is 9.59 Å². The molecule has 25 heavy (non-hydrogen) atoms. The van der Waals surface area contributed by atoms with Gasteiger partial charge in [-0.1, -0.05) is 17.7 Å². The third-order valence-electron chi connectivity index (χ3n) is 4.43. The highest BCUT2D eigenvalue weighted by molar-refractivity contribution is 5.92. The van der Waals surface area contributed by atoms with Crippen LogP contribution in [0, 0.1) is 6.92 Å². The summed E-state index contributed by atoms with van der Waals surface area (Å²) in [7, 11) is 1.55. The van der Waals surface area contributed by atoms with Gasteiger partial charge in [0, 0.05) is 6.54 Å². The van der Waals surface area contributed by atoms with Crippen molar-refractivity contribution in [1.82, 2.24) is 5.32 Å². The van der Waals surface area contributed by atoms with E-state index in [1.807, 2.05) is 6.92 Å². The molecule has 0 spiro atoms. The van der Waals surface area contributed by atoms with Gasteiger partial charge in [0.25, 0.3) is 5.91 Å². The van der Waals surface area contributed by atoms with Crippen LogP contribution in [0.15, 0.2) is 29.8 Å². The third kappa shape index (κ3) is 5.62. The quantitative estimate of drug-likeness (QED) is 0.606. The first-order valence-corrected chi connectivity index (χ1v) is 8.82. The predicted octanol–water partition coefficient (Wildman–Crippen LogP) is 3.56. The molecule has 0 heterocycles. The number of carbonyl (C=O) groups excluding carboxylic acids is 2. The van der Waals surface area contributed by atoms with Crippen LogP contribution >= 0.6 is 0 Å². The summed E-state index contributed by atoms with van der Waals surface area (Å²) < 4.78 is 10.5. The number of ether oxygens (including phenoxy) is 2. The van der Waals surface area contributed by atoms with Gasteiger partial charge in [-0.2, -0.15) is 0 Å². The minimum absolute atomic E-state index is 0.274. The van der Waals surface area contributed by atoms with Crippen LogP contribution in [0.2, 0.25) is 0 Å². The van der Waals surface area contributed by atoms with Crippen LogP contribution in [-0.4, -0.2) is 31.6 Å². The average Bonchev–Trinajstić information content (AvgIpc) is 2.62. The van der Waals surface area contributed by atoms with Gasteiger partial charge in [0.15, 0.2) is 6.10 Å². The van der Waals surface area contributed by atoms with Gasteiger partial charge in [0.05, 0.1) is 12.7 Å². The van der Waals surface area contributed by atoms with Gasteiger partial charge in [-0.3, -0.25) is 4.79 Å². The van der Waals surface area contributed by atoms with Crippen molar-refractivity contribution in [2.24, 2.45) is 0 Å². The van der Waals surface area contributed by atoms with E-state index in [0.717, 1.165) is 24.8 Å². The van der Waals surface area contributed by atoms with Crippen LogP contribution in [-0.2, 0) is 9.53 Å². The fourth-order valence-electron chi connectivity index (χ4n) is 2.85. The molecule has 0 aromatic heterocycles. The van der Waals surface area contributed by atoms with Crippen molar-refractivity contribution < 1.29 is 19.1 Å². The first kappa shape index (κ1) is 19.0. The number of amides is 1. The number of esters is 1. The number of nitrogens with one attached hydrogen (secondary N) is 1. The summed E-state index contributed by atoms with van der Waals surface area (Å²) in [6.45, 7) is 4.05. The highest BCUT2D eigenvalue weighted by Gasteiger charge is 2.19. The van der Waals surface area contributed by atoms with E-state index in [-0.39, 0.29) is 5.91 Å². The topological polar surface area (TPSA) is 64.6 Å². The Morgan fingerprint density at radius 1 is 1.28 bits per heavy atom. The second kappa shape index (κ2) is 9.25. The number of carbonyl (C=O) groups is 2. The van der Waals surface area contributed by atoms with Crippen molar-refractivity contribution in [2.75, 3.05) is 13.7 Å². The van der Waals surface area contributed by atoms with Gasteiger partial charge >= 0.3 is 5.97 Å². The maximum atomic E-state index is 12.2. The lowest BCUT2D eigenvalue weighted by molar-refractivity contribution is -0.129. The van der Waals surface area contributed by atoms with Crippen molar-refractivity contribution in [3.63, 3.8) is 0 Å². The molecule has 1 aromatic carbocycles. The van der Waals surface area contributed by atoms with E-state index >= 15 is 0 Å². The van der Waals surface area contributed by atoms with Crippen LogP contribution in [0.4, 0.5) is 0 Å². The Hall–Kier alpha value is -2.30. The molecule has 0 saturated carbocycles. The van der Waals surface area contributed by atoms with Gasteiger partial charge in [-0.05, 0) is 63.6 Å². The lowest BCUT2D eigenvalue weighted by atomic mass is 9.97. The zero-order valence-electron chi connectivity index (χ0n) is 15.3. The van der Waals surface area contributed by atoms with Crippen molar-refractivity contribution in [3.8, 4) is 5.75 Å². The number of benzene rings is 1. The van der Waals surface area contributed by atoms with Crippen molar-refractivity contribution in [1.29, 1.82) is 0 Å². The lowest BCUT2D eigenvalue weighted by Gasteiger charge is -2.16.